The van der Waals surface area contributed by atoms with Crippen LogP contribution in [0.25, 0.3) is 0 Å². The van der Waals surface area contributed by atoms with Gasteiger partial charge in [0, 0.05) is 35.8 Å². The van der Waals surface area contributed by atoms with Gasteiger partial charge in [-0.1, -0.05) is 6.07 Å². The van der Waals surface area contributed by atoms with Crippen molar-refractivity contribution in [2.24, 2.45) is 5.92 Å². The molecule has 6 nitrogen and oxygen atoms in total. The number of likely N-dealkylation sites (tertiary alicyclic amines) is 1. The predicted molar refractivity (Wildman–Crippen MR) is 118 cm³/mol. The Labute approximate surface area is 178 Å². The summed E-state index contributed by atoms with van der Waals surface area (Å²) in [6.45, 7) is 4.17. The van der Waals surface area contributed by atoms with Crippen LogP contribution in [0.3, 0.4) is 0 Å². The van der Waals surface area contributed by atoms with Crippen molar-refractivity contribution in [1.29, 1.82) is 0 Å². The molecule has 0 saturated carbocycles. The van der Waals surface area contributed by atoms with Crippen molar-refractivity contribution in [1.82, 2.24) is 9.88 Å². The maximum absolute atomic E-state index is 13.3. The highest BCUT2D eigenvalue weighted by atomic mass is 16.5. The van der Waals surface area contributed by atoms with E-state index < -0.39 is 0 Å². The number of nitrogens with zero attached hydrogens (tertiary/aromatic N) is 2. The smallest absolute Gasteiger partial charge is 0.184 e. The summed E-state index contributed by atoms with van der Waals surface area (Å²) in [6.07, 6.45) is 5.28. The number of aromatic nitrogens is 1. The Hall–Kier alpha value is -2.60. The first-order valence-corrected chi connectivity index (χ1v) is 10.7. The van der Waals surface area contributed by atoms with Crippen LogP contribution in [0.2, 0.25) is 0 Å². The van der Waals surface area contributed by atoms with Crippen molar-refractivity contribution in [2.45, 2.75) is 38.6 Å². The van der Waals surface area contributed by atoms with Crippen LogP contribution in [0.15, 0.2) is 24.4 Å². The van der Waals surface area contributed by atoms with E-state index in [0.717, 1.165) is 54.0 Å². The highest BCUT2D eigenvalue weighted by molar-refractivity contribution is 6.05. The molecule has 4 rings (SSSR count). The van der Waals surface area contributed by atoms with Crippen LogP contribution in [-0.2, 0) is 12.8 Å². The number of aryl methyl sites for hydroxylation is 1. The molecule has 0 radical (unpaired) electrons. The summed E-state index contributed by atoms with van der Waals surface area (Å²) in [5.41, 5.74) is 4.85. The molecule has 1 aromatic heterocycles. The third-order valence-corrected chi connectivity index (χ3v) is 6.49. The second kappa shape index (κ2) is 8.64. The van der Waals surface area contributed by atoms with E-state index in [2.05, 4.69) is 22.2 Å². The lowest BCUT2D eigenvalue weighted by atomic mass is 9.96. The maximum atomic E-state index is 13.3. The quantitative estimate of drug-likeness (QED) is 0.788. The molecule has 0 amide bonds. The average molecular weight is 410 g/mol. The van der Waals surface area contributed by atoms with Crippen molar-refractivity contribution in [3.8, 4) is 11.5 Å². The number of carbonyl (C=O) groups excluding carboxylic acids is 1. The third kappa shape index (κ3) is 3.88. The van der Waals surface area contributed by atoms with E-state index in [0.29, 0.717) is 30.4 Å². The number of ketones is 1. The molecule has 1 saturated heterocycles. The van der Waals surface area contributed by atoms with Gasteiger partial charge in [-0.15, -0.1) is 0 Å². The van der Waals surface area contributed by atoms with Gasteiger partial charge in [0.2, 0.25) is 0 Å². The molecular weight excluding hydrogens is 378 g/mol. The van der Waals surface area contributed by atoms with Crippen LogP contribution >= 0.6 is 0 Å². The molecule has 0 spiro atoms. The zero-order chi connectivity index (χ0) is 21.3. The van der Waals surface area contributed by atoms with Crippen molar-refractivity contribution in [3.63, 3.8) is 0 Å². The Morgan fingerprint density at radius 1 is 1.23 bits per heavy atom. The van der Waals surface area contributed by atoms with E-state index in [1.165, 1.54) is 0 Å². The van der Waals surface area contributed by atoms with Gasteiger partial charge in [-0.25, -0.2) is 0 Å². The number of nitrogens with one attached hydrogen (secondary N) is 1. The van der Waals surface area contributed by atoms with Crippen molar-refractivity contribution in [3.05, 3.63) is 46.8 Å². The normalized spacial score (nSPS) is 19.6. The molecule has 1 aliphatic carbocycles. The minimum atomic E-state index is -0.108. The van der Waals surface area contributed by atoms with Gasteiger partial charge in [0.1, 0.15) is 0 Å². The van der Waals surface area contributed by atoms with Gasteiger partial charge in [0.05, 0.1) is 19.9 Å². The molecule has 160 valence electrons. The Bertz CT molecular complexity index is 936. The molecule has 0 bridgehead atoms. The van der Waals surface area contributed by atoms with Gasteiger partial charge in [-0.2, -0.15) is 0 Å². The summed E-state index contributed by atoms with van der Waals surface area (Å²) in [6, 6.07) is 6.19. The molecule has 1 aromatic carbocycles. The van der Waals surface area contributed by atoms with Gasteiger partial charge in [-0.3, -0.25) is 9.78 Å². The first-order chi connectivity index (χ1) is 14.5. The number of methoxy groups -OCH3 is 2. The number of carbonyl (C=O) groups is 1. The van der Waals surface area contributed by atoms with Crippen LogP contribution in [0.4, 0.5) is 5.69 Å². The SMILES string of the molecule is COc1cc2c(c(NC3CCN(C)CC3)c1OC)CC(Cc1ncccc1C)C2=O. The van der Waals surface area contributed by atoms with E-state index in [9.17, 15) is 4.79 Å². The summed E-state index contributed by atoms with van der Waals surface area (Å²) in [7, 11) is 5.44. The van der Waals surface area contributed by atoms with Crippen molar-refractivity contribution < 1.29 is 14.3 Å². The zero-order valence-electron chi connectivity index (χ0n) is 18.3. The Kier molecular flexibility index (Phi) is 5.95. The standard InChI is InChI=1S/C24H31N3O3/c1-15-6-5-9-25-20(15)13-16-12-18-19(23(16)28)14-21(29-3)24(30-4)22(18)26-17-7-10-27(2)11-8-17/h5-6,9,14,16-17,26H,7-8,10-13H2,1-4H3. The van der Waals surface area contributed by atoms with Gasteiger partial charge in [-0.05, 0) is 69.6 Å². The van der Waals surface area contributed by atoms with Crippen molar-refractivity contribution in [2.75, 3.05) is 39.7 Å². The molecule has 1 aliphatic heterocycles. The van der Waals surface area contributed by atoms with Crippen LogP contribution in [0, 0.1) is 12.8 Å². The minimum absolute atomic E-state index is 0.108. The molecule has 1 N–H and O–H groups in total. The minimum Gasteiger partial charge on any atom is -0.493 e. The molecule has 30 heavy (non-hydrogen) atoms. The Morgan fingerprint density at radius 2 is 2.00 bits per heavy atom. The van der Waals surface area contributed by atoms with Gasteiger partial charge >= 0.3 is 0 Å². The fraction of sp³-hybridized carbons (Fsp3) is 0.500. The Morgan fingerprint density at radius 3 is 2.67 bits per heavy atom. The summed E-state index contributed by atoms with van der Waals surface area (Å²) >= 11 is 0. The lowest BCUT2D eigenvalue weighted by Crippen LogP contribution is -2.37. The average Bonchev–Trinajstić information content (AvgIpc) is 3.06. The monoisotopic (exact) mass is 409 g/mol. The van der Waals surface area contributed by atoms with E-state index >= 15 is 0 Å². The largest absolute Gasteiger partial charge is 0.493 e. The van der Waals surface area contributed by atoms with Gasteiger partial charge < -0.3 is 19.7 Å². The highest BCUT2D eigenvalue weighted by Gasteiger charge is 2.36. The maximum Gasteiger partial charge on any atom is 0.184 e. The van der Waals surface area contributed by atoms with Gasteiger partial charge in [0.15, 0.2) is 17.3 Å². The Balaban J connectivity index is 1.67. The number of pyridine rings is 1. The van der Waals surface area contributed by atoms with E-state index in [-0.39, 0.29) is 11.7 Å². The summed E-state index contributed by atoms with van der Waals surface area (Å²) in [5, 5.41) is 3.71. The number of rotatable bonds is 6. The van der Waals surface area contributed by atoms with E-state index in [1.54, 1.807) is 20.4 Å². The van der Waals surface area contributed by atoms with Crippen LogP contribution in [0.1, 0.15) is 40.0 Å². The number of piperidine rings is 1. The summed E-state index contributed by atoms with van der Waals surface area (Å²) < 4.78 is 11.3. The number of hydrogen-bond acceptors (Lipinski definition) is 6. The van der Waals surface area contributed by atoms with Crippen molar-refractivity contribution >= 4 is 11.5 Å². The second-order valence-corrected chi connectivity index (χ2v) is 8.47. The molecule has 6 heteroatoms. The van der Waals surface area contributed by atoms with E-state index in [4.69, 9.17) is 9.47 Å². The molecule has 1 fully saturated rings. The lowest BCUT2D eigenvalue weighted by molar-refractivity contribution is 0.0935. The number of Topliss-reactive ketones (excluding diaryl/α,β-unsaturated/α-hetero) is 1. The first kappa shape index (κ1) is 20.7. The highest BCUT2D eigenvalue weighted by Crippen LogP contribution is 2.46. The summed E-state index contributed by atoms with van der Waals surface area (Å²) in [4.78, 5) is 20.2. The molecule has 2 aliphatic rings. The number of anilines is 1. The van der Waals surface area contributed by atoms with Gasteiger partial charge in [0.25, 0.3) is 0 Å². The predicted octanol–water partition coefficient (Wildman–Crippen LogP) is 3.51. The molecule has 2 aromatic rings. The van der Waals surface area contributed by atoms with Crippen LogP contribution in [0.5, 0.6) is 11.5 Å². The van der Waals surface area contributed by atoms with E-state index in [1.807, 2.05) is 25.1 Å². The number of ether oxygens (including phenoxy) is 2. The zero-order valence-corrected chi connectivity index (χ0v) is 18.3. The molecule has 2 heterocycles. The number of benzene rings is 1. The molecule has 1 unspecified atom stereocenters. The molecular formula is C24H31N3O3. The topological polar surface area (TPSA) is 63.7 Å². The number of hydrogen-bond donors (Lipinski definition) is 1. The summed E-state index contributed by atoms with van der Waals surface area (Å²) in [5.74, 6) is 1.36. The lowest BCUT2D eigenvalue weighted by Gasteiger charge is -2.31. The fourth-order valence-corrected chi connectivity index (χ4v) is 4.66. The number of fused-ring (bicyclic) bond motifs is 1. The second-order valence-electron chi connectivity index (χ2n) is 8.47. The van der Waals surface area contributed by atoms with Crippen LogP contribution < -0.4 is 14.8 Å². The third-order valence-electron chi connectivity index (χ3n) is 6.49. The van der Waals surface area contributed by atoms with Crippen LogP contribution in [-0.4, -0.2) is 56.1 Å². The fourth-order valence-electron chi connectivity index (χ4n) is 4.66. The molecule has 1 atom stereocenters. The first-order valence-electron chi connectivity index (χ1n) is 10.7.